The summed E-state index contributed by atoms with van der Waals surface area (Å²) in [5, 5.41) is 0.244. The van der Waals surface area contributed by atoms with E-state index in [2.05, 4.69) is 0 Å². The number of amides is 2. The SMILES string of the molecule is CC(C)N1C=C2N(C(=O)C(N3CCC3)CN2S(=O)(=O)c2ccc(Cl)cc2Cl)C(Cc2ccc(F)cc2)C1=O. The average Bonchev–Trinajstić information content (AvgIpc) is 2.81. The Kier molecular flexibility index (Phi) is 7.19. The van der Waals surface area contributed by atoms with Crippen molar-refractivity contribution in [1.82, 2.24) is 19.0 Å². The predicted molar refractivity (Wildman–Crippen MR) is 141 cm³/mol. The summed E-state index contributed by atoms with van der Waals surface area (Å²) in [6.45, 7) is 4.79. The number of benzene rings is 2. The Hall–Kier alpha value is -2.66. The van der Waals surface area contributed by atoms with Crippen LogP contribution in [0.1, 0.15) is 25.8 Å². The molecule has 12 heteroatoms. The van der Waals surface area contributed by atoms with E-state index in [1.165, 1.54) is 50.6 Å². The monoisotopic (exact) mass is 580 g/mol. The molecular formula is C26H27Cl2FN4O4S. The molecule has 2 amide bonds. The van der Waals surface area contributed by atoms with Crippen LogP contribution in [0.4, 0.5) is 4.39 Å². The molecule has 0 N–H and O–H groups in total. The molecule has 3 aliphatic rings. The third-order valence-electron chi connectivity index (χ3n) is 7.16. The fourth-order valence-corrected chi connectivity index (χ4v) is 7.21. The molecule has 2 unspecified atom stereocenters. The van der Waals surface area contributed by atoms with E-state index in [0.29, 0.717) is 18.7 Å². The fourth-order valence-electron chi connectivity index (χ4n) is 5.01. The summed E-state index contributed by atoms with van der Waals surface area (Å²) in [6, 6.07) is 7.74. The zero-order valence-corrected chi connectivity index (χ0v) is 23.2. The van der Waals surface area contributed by atoms with E-state index in [9.17, 15) is 22.4 Å². The second-order valence-corrected chi connectivity index (χ2v) is 12.6. The molecule has 8 nitrogen and oxygen atoms in total. The Morgan fingerprint density at radius 1 is 1.03 bits per heavy atom. The van der Waals surface area contributed by atoms with Crippen molar-refractivity contribution in [3.05, 3.63) is 75.9 Å². The number of hydrogen-bond acceptors (Lipinski definition) is 5. The highest BCUT2D eigenvalue weighted by Gasteiger charge is 2.52. The Bertz CT molecular complexity index is 1410. The topological polar surface area (TPSA) is 81.2 Å². The molecule has 3 heterocycles. The summed E-state index contributed by atoms with van der Waals surface area (Å²) in [7, 11) is -4.26. The molecular weight excluding hydrogens is 554 g/mol. The van der Waals surface area contributed by atoms with Gasteiger partial charge in [0.25, 0.3) is 10.0 Å². The van der Waals surface area contributed by atoms with Gasteiger partial charge < -0.3 is 4.90 Å². The first kappa shape index (κ1) is 26.9. The third kappa shape index (κ3) is 4.68. The van der Waals surface area contributed by atoms with Crippen molar-refractivity contribution in [3.63, 3.8) is 0 Å². The molecule has 0 aliphatic carbocycles. The smallest absolute Gasteiger partial charge is 0.267 e. The Labute approximate surface area is 231 Å². The molecule has 2 atom stereocenters. The lowest BCUT2D eigenvalue weighted by atomic mass is 9.97. The van der Waals surface area contributed by atoms with Crippen LogP contribution >= 0.6 is 23.2 Å². The molecule has 3 aliphatic heterocycles. The average molecular weight is 581 g/mol. The fraction of sp³-hybridized carbons (Fsp3) is 0.385. The van der Waals surface area contributed by atoms with Gasteiger partial charge in [-0.15, -0.1) is 0 Å². The third-order valence-corrected chi connectivity index (χ3v) is 9.65. The van der Waals surface area contributed by atoms with Crippen molar-refractivity contribution in [1.29, 1.82) is 0 Å². The summed E-state index contributed by atoms with van der Waals surface area (Å²) in [5.74, 6) is -1.02. The highest BCUT2D eigenvalue weighted by Crippen LogP contribution is 2.38. The first-order valence-corrected chi connectivity index (χ1v) is 14.5. The lowest BCUT2D eigenvalue weighted by Gasteiger charge is -2.51. The summed E-state index contributed by atoms with van der Waals surface area (Å²) in [4.78, 5) is 32.2. The normalized spacial score (nSPS) is 22.5. The molecule has 2 aromatic rings. The maximum atomic E-state index is 14.1. The van der Waals surface area contributed by atoms with E-state index in [1.54, 1.807) is 12.1 Å². The van der Waals surface area contributed by atoms with Crippen molar-refractivity contribution >= 4 is 45.0 Å². The van der Waals surface area contributed by atoms with E-state index in [4.69, 9.17) is 23.2 Å². The minimum atomic E-state index is -4.26. The van der Waals surface area contributed by atoms with Gasteiger partial charge in [-0.2, -0.15) is 0 Å². The van der Waals surface area contributed by atoms with Gasteiger partial charge >= 0.3 is 0 Å². The number of sulfonamides is 1. The lowest BCUT2D eigenvalue weighted by Crippen LogP contribution is -2.69. The van der Waals surface area contributed by atoms with Gasteiger partial charge in [0.05, 0.1) is 11.6 Å². The second-order valence-electron chi connectivity index (χ2n) is 9.90. The number of carbonyl (C=O) groups is 2. The van der Waals surface area contributed by atoms with Gasteiger partial charge in [0, 0.05) is 36.8 Å². The minimum Gasteiger partial charge on any atom is -0.311 e. The van der Waals surface area contributed by atoms with Crippen molar-refractivity contribution < 1.29 is 22.4 Å². The number of fused-ring (bicyclic) bond motifs is 1. The van der Waals surface area contributed by atoms with Crippen molar-refractivity contribution in [2.45, 2.75) is 49.7 Å². The standard InChI is InChI=1S/C26H27Cl2FN4O4S/c1-16(2)31-15-24-32(38(36,37)23-9-6-18(27)13-20(23)28)14-22(30-10-3-11-30)26(35)33(24)21(25(31)34)12-17-4-7-19(29)8-5-17/h4-9,13,15-16,21-22H,3,10-12,14H2,1-2H3. The van der Waals surface area contributed by atoms with Gasteiger partial charge in [0.2, 0.25) is 11.8 Å². The maximum absolute atomic E-state index is 14.1. The zero-order valence-electron chi connectivity index (χ0n) is 20.9. The Morgan fingerprint density at radius 3 is 2.29 bits per heavy atom. The van der Waals surface area contributed by atoms with Gasteiger partial charge in [-0.1, -0.05) is 35.3 Å². The van der Waals surface area contributed by atoms with Crippen LogP contribution in [0.25, 0.3) is 0 Å². The molecule has 0 bridgehead atoms. The van der Waals surface area contributed by atoms with Crippen molar-refractivity contribution in [2.24, 2.45) is 0 Å². The number of hydrogen-bond donors (Lipinski definition) is 0. The molecule has 2 aromatic carbocycles. The minimum absolute atomic E-state index is 0.0440. The van der Waals surface area contributed by atoms with Gasteiger partial charge in [-0.25, -0.2) is 17.1 Å². The largest absolute Gasteiger partial charge is 0.311 e. The van der Waals surface area contributed by atoms with Crippen molar-refractivity contribution in [2.75, 3.05) is 19.6 Å². The first-order chi connectivity index (χ1) is 18.0. The molecule has 202 valence electrons. The van der Waals surface area contributed by atoms with Crippen LogP contribution in [0, 0.1) is 5.82 Å². The molecule has 5 rings (SSSR count). The molecule has 0 radical (unpaired) electrons. The van der Waals surface area contributed by atoms with E-state index in [0.717, 1.165) is 6.42 Å². The van der Waals surface area contributed by atoms with Crippen LogP contribution in [0.2, 0.25) is 10.0 Å². The van der Waals surface area contributed by atoms with Crippen LogP contribution < -0.4 is 0 Å². The van der Waals surface area contributed by atoms with Crippen LogP contribution in [-0.2, 0) is 26.0 Å². The Balaban J connectivity index is 1.65. The predicted octanol–water partition coefficient (Wildman–Crippen LogP) is 3.70. The maximum Gasteiger partial charge on any atom is 0.267 e. The molecule has 2 fully saturated rings. The van der Waals surface area contributed by atoms with Crippen LogP contribution in [-0.4, -0.2) is 77.0 Å². The summed E-state index contributed by atoms with van der Waals surface area (Å²) >= 11 is 12.3. The van der Waals surface area contributed by atoms with Gasteiger partial charge in [-0.05, 0) is 56.2 Å². The van der Waals surface area contributed by atoms with Crippen LogP contribution in [0.15, 0.2) is 59.4 Å². The Morgan fingerprint density at radius 2 is 1.71 bits per heavy atom. The lowest BCUT2D eigenvalue weighted by molar-refractivity contribution is -0.154. The van der Waals surface area contributed by atoms with Gasteiger partial charge in [0.1, 0.15) is 28.6 Å². The zero-order chi connectivity index (χ0) is 27.4. The molecule has 2 saturated heterocycles. The summed E-state index contributed by atoms with van der Waals surface area (Å²) in [6.07, 6.45) is 2.41. The van der Waals surface area contributed by atoms with E-state index in [1.807, 2.05) is 18.7 Å². The van der Waals surface area contributed by atoms with E-state index >= 15 is 0 Å². The quantitative estimate of drug-likeness (QED) is 0.520. The summed E-state index contributed by atoms with van der Waals surface area (Å²) < 4.78 is 42.9. The highest BCUT2D eigenvalue weighted by molar-refractivity contribution is 7.89. The first-order valence-electron chi connectivity index (χ1n) is 12.3. The molecule has 38 heavy (non-hydrogen) atoms. The van der Waals surface area contributed by atoms with Gasteiger partial charge in [-0.3, -0.25) is 19.4 Å². The number of halogens is 3. The number of nitrogens with zero attached hydrogens (tertiary/aromatic N) is 4. The second kappa shape index (κ2) is 10.1. The van der Waals surface area contributed by atoms with Gasteiger partial charge in [0.15, 0.2) is 0 Å². The van der Waals surface area contributed by atoms with Crippen molar-refractivity contribution in [3.8, 4) is 0 Å². The number of rotatable bonds is 6. The molecule has 0 spiro atoms. The van der Waals surface area contributed by atoms with Crippen LogP contribution in [0.5, 0.6) is 0 Å². The van der Waals surface area contributed by atoms with Crippen LogP contribution in [0.3, 0.4) is 0 Å². The molecule has 0 saturated carbocycles. The summed E-state index contributed by atoms with van der Waals surface area (Å²) in [5.41, 5.74) is 0.642. The molecule has 0 aromatic heterocycles. The van der Waals surface area contributed by atoms with E-state index < -0.39 is 27.9 Å². The number of likely N-dealkylation sites (tertiary alicyclic amines) is 1. The van der Waals surface area contributed by atoms with E-state index in [-0.39, 0.29) is 51.6 Å². The highest BCUT2D eigenvalue weighted by atomic mass is 35.5. The number of carbonyl (C=O) groups excluding carboxylic acids is 2.